The largest absolute Gasteiger partial charge is 0.481 e. The number of hydrogen-bond acceptors (Lipinski definition) is 8. The molecule has 4 N–H and O–H groups in total. The van der Waals surface area contributed by atoms with Crippen LogP contribution in [0.3, 0.4) is 0 Å². The van der Waals surface area contributed by atoms with Crippen molar-refractivity contribution in [2.75, 3.05) is 0 Å². The molecule has 4 aromatic carbocycles. The van der Waals surface area contributed by atoms with Crippen LogP contribution in [0.5, 0.6) is 0 Å². The summed E-state index contributed by atoms with van der Waals surface area (Å²) in [6, 6.07) is 26.8. The number of aliphatic carboxylic acids is 1. The van der Waals surface area contributed by atoms with Gasteiger partial charge in [-0.15, -0.1) is 0 Å². The Morgan fingerprint density at radius 1 is 0.776 bits per heavy atom. The zero-order chi connectivity index (χ0) is 43.3. The van der Waals surface area contributed by atoms with Gasteiger partial charge in [-0.1, -0.05) is 66.9 Å². The molecule has 0 saturated heterocycles. The van der Waals surface area contributed by atoms with Gasteiger partial charge in [0.25, 0.3) is 0 Å². The molecule has 0 saturated carbocycles. The van der Waals surface area contributed by atoms with Gasteiger partial charge in [-0.3, -0.25) is 9.59 Å². The molecule has 5 aromatic rings. The smallest absolute Gasteiger partial charge is 0.303 e. The molecule has 5 rings (SSSR count). The van der Waals surface area contributed by atoms with E-state index in [1.54, 1.807) is 48.5 Å². The maximum atomic E-state index is 13.1. The summed E-state index contributed by atoms with van der Waals surface area (Å²) in [5, 5.41) is 23.1. The fourth-order valence-electron chi connectivity index (χ4n) is 4.00. The van der Waals surface area contributed by atoms with Crippen LogP contribution in [0.25, 0.3) is 11.4 Å². The van der Waals surface area contributed by atoms with E-state index in [9.17, 15) is 18.4 Å². The van der Waals surface area contributed by atoms with Gasteiger partial charge in [-0.05, 0) is 116 Å². The summed E-state index contributed by atoms with van der Waals surface area (Å²) >= 11 is 4.94. The second-order valence-corrected chi connectivity index (χ2v) is 14.3. The summed E-state index contributed by atoms with van der Waals surface area (Å²) in [5.74, 6) is 11.7. The lowest BCUT2D eigenvalue weighted by atomic mass is 10.1. The van der Waals surface area contributed by atoms with Gasteiger partial charge in [0.15, 0.2) is 5.84 Å². The van der Waals surface area contributed by atoms with Gasteiger partial charge in [0.2, 0.25) is 26.2 Å². The van der Waals surface area contributed by atoms with Crippen molar-refractivity contribution in [3.8, 4) is 35.1 Å². The molecule has 10 nitrogen and oxygen atoms in total. The first kappa shape index (κ1) is 50.4. The minimum absolute atomic E-state index is 0.0460. The number of hydrogen-bond donors (Lipinski definition) is 3. The van der Waals surface area contributed by atoms with Crippen LogP contribution in [0.15, 0.2) is 107 Å². The fraction of sp³-hybridized carbons (Fsp3) is 0.214. The molecule has 0 aliphatic carbocycles. The number of carbonyl (C=O) groups is 2. The highest BCUT2D eigenvalue weighted by molar-refractivity contribution is 8.26. The maximum absolute atomic E-state index is 13.1. The summed E-state index contributed by atoms with van der Waals surface area (Å²) < 4.78 is 40.3. The fourth-order valence-corrected chi connectivity index (χ4v) is 4.19. The number of nitrogens with zero attached hydrogens (tertiary/aromatic N) is 3. The highest BCUT2D eigenvalue weighted by atomic mass is 36.0. The number of aryl methyl sites for hydroxylation is 1. The normalized spacial score (nSPS) is 9.84. The number of rotatable bonds is 8. The number of carboxylic acid groups (broad SMARTS) is 1. The zero-order valence-electron chi connectivity index (χ0n) is 31.7. The van der Waals surface area contributed by atoms with Gasteiger partial charge >= 0.3 is 5.97 Å². The molecule has 0 aliphatic rings. The Kier molecular flexibility index (Phi) is 25.8. The van der Waals surface area contributed by atoms with Crippen LogP contribution >= 0.6 is 33.0 Å². The molecule has 1 heterocycles. The third-order valence-electron chi connectivity index (χ3n) is 6.63. The van der Waals surface area contributed by atoms with Crippen molar-refractivity contribution < 1.29 is 37.4 Å². The number of amidine groups is 1. The molecular weight excluding hydrogens is 833 g/mol. The predicted octanol–water partition coefficient (Wildman–Crippen LogP) is 10.0. The molecule has 0 spiro atoms. The lowest BCUT2D eigenvalue weighted by Crippen LogP contribution is -2.12. The molecule has 1 aromatic heterocycles. The standard InChI is InChI=1S/C19H15FN2O.C15H11FN2O.C4H7ClO.C4H8O2.Cl2OS/c1-2-4-18-21-19(22-23-18)16-11-9-14(10-12-16)7-8-15-5-3-6-17(20)13-15;16-14-3-1-2-12(10-14)5-4-11-6-8-13(9-7-11)15(17)18-19;2*1-2-3-4(5)6;1-4(2)3/h3,5-6,9-13H,2,4H2,1H3;1-3,6-10,19H,(H2,17,18);2-3H2,1H3;2-3H2,1H3,(H,5,6);. The molecular formula is C42H41Cl3F2N4O6S. The first-order valence-corrected chi connectivity index (χ1v) is 20.6. The van der Waals surface area contributed by atoms with Crippen LogP contribution in [-0.4, -0.2) is 41.7 Å². The van der Waals surface area contributed by atoms with E-state index in [1.165, 1.54) is 24.3 Å². The minimum atomic E-state index is -1.67. The predicted molar refractivity (Wildman–Crippen MR) is 226 cm³/mol. The van der Waals surface area contributed by atoms with Crippen LogP contribution in [0.2, 0.25) is 0 Å². The van der Waals surface area contributed by atoms with Gasteiger partial charge in [-0.2, -0.15) is 4.98 Å². The lowest BCUT2D eigenvalue weighted by molar-refractivity contribution is -0.137. The number of benzene rings is 4. The van der Waals surface area contributed by atoms with Crippen molar-refractivity contribution in [3.05, 3.63) is 142 Å². The Morgan fingerprint density at radius 3 is 1.60 bits per heavy atom. The van der Waals surface area contributed by atoms with Gasteiger partial charge in [-0.25, -0.2) is 13.0 Å². The quantitative estimate of drug-likeness (QED) is 0.0343. The summed E-state index contributed by atoms with van der Waals surface area (Å²) in [4.78, 5) is 23.8. The van der Waals surface area contributed by atoms with Gasteiger partial charge in [0.05, 0.1) is 0 Å². The number of carbonyl (C=O) groups excluding carboxylic acids is 1. The average molecular weight is 874 g/mol. The summed E-state index contributed by atoms with van der Waals surface area (Å²) in [6.45, 7) is 5.82. The second kappa shape index (κ2) is 29.6. The Balaban J connectivity index is 0.000000428. The Morgan fingerprint density at radius 2 is 1.24 bits per heavy atom. The van der Waals surface area contributed by atoms with Crippen molar-refractivity contribution in [1.29, 1.82) is 0 Å². The topological polar surface area (TPSA) is 169 Å². The molecule has 0 aliphatic heterocycles. The maximum Gasteiger partial charge on any atom is 0.303 e. The van der Waals surface area contributed by atoms with Crippen LogP contribution in [0.4, 0.5) is 8.78 Å². The number of carboxylic acids is 1. The van der Waals surface area contributed by atoms with Crippen molar-refractivity contribution >= 4 is 59.2 Å². The Hall–Kier alpha value is -5.57. The van der Waals surface area contributed by atoms with Gasteiger partial charge < -0.3 is 20.6 Å². The molecule has 306 valence electrons. The molecule has 58 heavy (non-hydrogen) atoms. The van der Waals surface area contributed by atoms with Crippen molar-refractivity contribution in [1.82, 2.24) is 10.1 Å². The minimum Gasteiger partial charge on any atom is -0.481 e. The highest BCUT2D eigenvalue weighted by Crippen LogP contribution is 2.17. The van der Waals surface area contributed by atoms with E-state index in [0.29, 0.717) is 41.2 Å². The van der Waals surface area contributed by atoms with Crippen molar-refractivity contribution in [3.63, 3.8) is 0 Å². The third kappa shape index (κ3) is 23.5. The van der Waals surface area contributed by atoms with E-state index in [-0.39, 0.29) is 22.7 Å². The van der Waals surface area contributed by atoms with E-state index < -0.39 is 15.2 Å². The molecule has 0 fully saturated rings. The Labute approximate surface area is 352 Å². The molecule has 0 amide bonds. The zero-order valence-corrected chi connectivity index (χ0v) is 34.8. The van der Waals surface area contributed by atoms with E-state index in [2.05, 4.69) is 67.3 Å². The number of halogens is 5. The summed E-state index contributed by atoms with van der Waals surface area (Å²) in [5.41, 5.74) is 9.81. The highest BCUT2D eigenvalue weighted by Gasteiger charge is 2.07. The molecule has 0 radical (unpaired) electrons. The summed E-state index contributed by atoms with van der Waals surface area (Å²) in [7, 11) is 7.36. The van der Waals surface area contributed by atoms with Crippen molar-refractivity contribution in [2.45, 2.75) is 59.3 Å². The van der Waals surface area contributed by atoms with Crippen LogP contribution in [0, 0.1) is 35.3 Å². The monoisotopic (exact) mass is 872 g/mol. The first-order chi connectivity index (χ1) is 27.7. The van der Waals surface area contributed by atoms with Crippen LogP contribution < -0.4 is 5.73 Å². The molecule has 0 bridgehead atoms. The average Bonchev–Trinajstić information content (AvgIpc) is 3.66. The van der Waals surface area contributed by atoms with Gasteiger partial charge in [0, 0.05) is 74.0 Å². The van der Waals surface area contributed by atoms with E-state index >= 15 is 0 Å². The lowest BCUT2D eigenvalue weighted by Gasteiger charge is -1.97. The van der Waals surface area contributed by atoms with Crippen LogP contribution in [-0.2, 0) is 25.2 Å². The SMILES string of the molecule is CCCC(=O)Cl.CCCC(=O)O.CCCc1nc(-c2ccc(C#Cc3cccc(F)c3)cc2)no1.N/C(=N\O)c1ccc(C#Cc2cccc(F)c2)cc1.O=S(Cl)Cl. The van der Waals surface area contributed by atoms with Crippen molar-refractivity contribution in [2.24, 2.45) is 10.9 Å². The molecule has 0 atom stereocenters. The number of oxime groups is 1. The second-order valence-electron chi connectivity index (χ2n) is 11.4. The number of nitrogens with two attached hydrogens (primary N) is 1. The molecule has 16 heteroatoms. The van der Waals surface area contributed by atoms with E-state index in [1.807, 2.05) is 38.1 Å². The first-order valence-electron chi connectivity index (χ1n) is 17.4. The van der Waals surface area contributed by atoms with E-state index in [4.69, 9.17) is 36.4 Å². The van der Waals surface area contributed by atoms with Gasteiger partial charge in [0.1, 0.15) is 11.6 Å². The van der Waals surface area contributed by atoms with Crippen LogP contribution in [0.1, 0.15) is 86.6 Å². The summed E-state index contributed by atoms with van der Waals surface area (Å²) in [6.07, 6.45) is 4.12. The molecule has 0 unspecified atom stereocenters. The Bertz CT molecular complexity index is 2180. The third-order valence-corrected chi connectivity index (χ3v) is 6.81. The number of aromatic nitrogens is 2. The van der Waals surface area contributed by atoms with E-state index in [0.717, 1.165) is 42.4 Å².